The van der Waals surface area contributed by atoms with Crippen LogP contribution < -0.4 is 0 Å². The molecule has 166 valence electrons. The van der Waals surface area contributed by atoms with Gasteiger partial charge in [0.05, 0.1) is 0 Å². The Morgan fingerprint density at radius 3 is 2.53 bits per heavy atom. The third-order valence-electron chi connectivity index (χ3n) is 11.0. The SMILES string of the molecule is CC(=O)OC1CCC2(C)C(=CCC3C2CCC2(C)C3CC3CCCCC32C(C)=O)C1. The van der Waals surface area contributed by atoms with Crippen LogP contribution in [0.15, 0.2) is 11.6 Å². The van der Waals surface area contributed by atoms with Crippen LogP contribution in [0.1, 0.15) is 98.3 Å². The van der Waals surface area contributed by atoms with Crippen molar-refractivity contribution in [1.29, 1.82) is 0 Å². The van der Waals surface area contributed by atoms with Gasteiger partial charge in [-0.3, -0.25) is 9.59 Å². The van der Waals surface area contributed by atoms with Crippen molar-refractivity contribution in [3.05, 3.63) is 11.6 Å². The standard InChI is InChI=1S/C27H40O3/c1-17(28)27-12-6-5-7-20(27)16-24-22-9-8-19-15-21(30-18(2)29)10-13-25(19,3)23(22)11-14-26(24,27)4/h8,20-24H,5-7,9-16H2,1-4H3. The molecular formula is C27H40O3. The van der Waals surface area contributed by atoms with E-state index in [9.17, 15) is 9.59 Å². The van der Waals surface area contributed by atoms with E-state index in [0.717, 1.165) is 37.5 Å². The van der Waals surface area contributed by atoms with Gasteiger partial charge < -0.3 is 4.74 Å². The van der Waals surface area contributed by atoms with Crippen LogP contribution >= 0.6 is 0 Å². The minimum absolute atomic E-state index is 0.0429. The zero-order chi connectivity index (χ0) is 21.3. The molecule has 5 rings (SSSR count). The van der Waals surface area contributed by atoms with Crippen LogP contribution in [0.25, 0.3) is 0 Å². The highest BCUT2D eigenvalue weighted by Gasteiger charge is 2.68. The molecule has 8 atom stereocenters. The molecule has 4 fully saturated rings. The maximum atomic E-state index is 13.2. The average molecular weight is 413 g/mol. The number of hydrogen-bond acceptors (Lipinski definition) is 3. The van der Waals surface area contributed by atoms with Gasteiger partial charge >= 0.3 is 5.97 Å². The molecule has 0 amide bonds. The van der Waals surface area contributed by atoms with Gasteiger partial charge in [-0.25, -0.2) is 0 Å². The predicted octanol–water partition coefficient (Wildman–Crippen LogP) is 6.26. The maximum absolute atomic E-state index is 13.2. The number of fused-ring (bicyclic) bond motifs is 7. The fraction of sp³-hybridized carbons (Fsp3) is 0.852. The smallest absolute Gasteiger partial charge is 0.302 e. The Kier molecular flexibility index (Phi) is 4.80. The zero-order valence-electron chi connectivity index (χ0n) is 19.5. The van der Waals surface area contributed by atoms with Gasteiger partial charge in [0.15, 0.2) is 0 Å². The fourth-order valence-electron chi connectivity index (χ4n) is 9.76. The van der Waals surface area contributed by atoms with Crippen molar-refractivity contribution in [2.24, 2.45) is 39.9 Å². The van der Waals surface area contributed by atoms with Gasteiger partial charge in [-0.15, -0.1) is 0 Å². The van der Waals surface area contributed by atoms with Gasteiger partial charge in [-0.05, 0) is 92.8 Å². The Labute approximate surface area is 182 Å². The van der Waals surface area contributed by atoms with Gasteiger partial charge in [0, 0.05) is 18.8 Å². The van der Waals surface area contributed by atoms with Crippen molar-refractivity contribution in [1.82, 2.24) is 0 Å². The Balaban J connectivity index is 1.46. The van der Waals surface area contributed by atoms with E-state index in [1.807, 2.05) is 6.92 Å². The number of Topliss-reactive ketones (excluding diaryl/α,β-unsaturated/α-hetero) is 1. The highest BCUT2D eigenvalue weighted by molar-refractivity contribution is 5.84. The summed E-state index contributed by atoms with van der Waals surface area (Å²) in [6, 6.07) is 0. The zero-order valence-corrected chi connectivity index (χ0v) is 19.5. The van der Waals surface area contributed by atoms with Gasteiger partial charge in [0.25, 0.3) is 0 Å². The summed E-state index contributed by atoms with van der Waals surface area (Å²) in [7, 11) is 0. The van der Waals surface area contributed by atoms with Crippen molar-refractivity contribution in [2.45, 2.75) is 104 Å². The molecular weight excluding hydrogens is 372 g/mol. The quantitative estimate of drug-likeness (QED) is 0.397. The molecule has 0 aliphatic heterocycles. The minimum Gasteiger partial charge on any atom is -0.462 e. The molecule has 0 spiro atoms. The third kappa shape index (κ3) is 2.62. The van der Waals surface area contributed by atoms with E-state index >= 15 is 0 Å². The first kappa shape index (κ1) is 20.8. The summed E-state index contributed by atoms with van der Waals surface area (Å²) in [5.41, 5.74) is 1.97. The Bertz CT molecular complexity index is 783. The van der Waals surface area contributed by atoms with Crippen molar-refractivity contribution < 1.29 is 14.3 Å². The number of ether oxygens (including phenoxy) is 1. The van der Waals surface area contributed by atoms with Gasteiger partial charge in [-0.1, -0.05) is 38.3 Å². The number of ketones is 1. The first-order chi connectivity index (χ1) is 14.2. The average Bonchev–Trinajstić information content (AvgIpc) is 2.98. The fourth-order valence-corrected chi connectivity index (χ4v) is 9.76. The molecule has 0 N–H and O–H groups in total. The van der Waals surface area contributed by atoms with E-state index in [0.29, 0.717) is 17.6 Å². The lowest BCUT2D eigenvalue weighted by molar-refractivity contribution is -0.151. The van der Waals surface area contributed by atoms with E-state index in [1.165, 1.54) is 51.9 Å². The number of hydrogen-bond donors (Lipinski definition) is 0. The van der Waals surface area contributed by atoms with Crippen LogP contribution in [0.4, 0.5) is 0 Å². The summed E-state index contributed by atoms with van der Waals surface area (Å²) < 4.78 is 5.59. The number of carbonyl (C=O) groups excluding carboxylic acids is 2. The second-order valence-electron chi connectivity index (χ2n) is 11.9. The molecule has 0 bridgehead atoms. The molecule has 5 aliphatic rings. The van der Waals surface area contributed by atoms with E-state index in [-0.39, 0.29) is 28.3 Å². The first-order valence-corrected chi connectivity index (χ1v) is 12.6. The lowest BCUT2D eigenvalue weighted by atomic mass is 9.44. The summed E-state index contributed by atoms with van der Waals surface area (Å²) in [5, 5.41) is 0. The predicted molar refractivity (Wildman–Crippen MR) is 118 cm³/mol. The van der Waals surface area contributed by atoms with Crippen molar-refractivity contribution >= 4 is 11.8 Å². The maximum Gasteiger partial charge on any atom is 0.302 e. The highest BCUT2D eigenvalue weighted by atomic mass is 16.5. The number of rotatable bonds is 2. The molecule has 3 heteroatoms. The molecule has 5 aliphatic carbocycles. The number of allylic oxidation sites excluding steroid dienone is 1. The summed E-state index contributed by atoms with van der Waals surface area (Å²) in [6.07, 6.45) is 15.6. The van der Waals surface area contributed by atoms with Gasteiger partial charge in [0.1, 0.15) is 11.9 Å². The van der Waals surface area contributed by atoms with Gasteiger partial charge in [-0.2, -0.15) is 0 Å². The molecule has 0 aromatic carbocycles. The lowest BCUT2D eigenvalue weighted by Crippen LogP contribution is -2.55. The molecule has 30 heavy (non-hydrogen) atoms. The van der Waals surface area contributed by atoms with Crippen LogP contribution in [-0.2, 0) is 14.3 Å². The second-order valence-corrected chi connectivity index (χ2v) is 11.9. The van der Waals surface area contributed by atoms with Crippen molar-refractivity contribution in [2.75, 3.05) is 0 Å². The normalized spacial score (nSPS) is 49.7. The van der Waals surface area contributed by atoms with Crippen LogP contribution in [0, 0.1) is 39.9 Å². The molecule has 8 unspecified atom stereocenters. The summed E-state index contributed by atoms with van der Waals surface area (Å²) in [4.78, 5) is 24.7. The number of esters is 1. The summed E-state index contributed by atoms with van der Waals surface area (Å²) >= 11 is 0. The van der Waals surface area contributed by atoms with Crippen LogP contribution in [-0.4, -0.2) is 17.9 Å². The van der Waals surface area contributed by atoms with Crippen LogP contribution in [0.5, 0.6) is 0 Å². The van der Waals surface area contributed by atoms with E-state index < -0.39 is 0 Å². The summed E-state index contributed by atoms with van der Waals surface area (Å²) in [6.45, 7) is 8.46. The lowest BCUT2D eigenvalue weighted by Gasteiger charge is -2.60. The van der Waals surface area contributed by atoms with Crippen LogP contribution in [0.3, 0.4) is 0 Å². The molecule has 3 nitrogen and oxygen atoms in total. The van der Waals surface area contributed by atoms with Gasteiger partial charge in [0.2, 0.25) is 0 Å². The second kappa shape index (κ2) is 6.94. The molecule has 4 saturated carbocycles. The molecule has 0 radical (unpaired) electrons. The minimum atomic E-state index is -0.144. The van der Waals surface area contributed by atoms with Crippen LogP contribution in [0.2, 0.25) is 0 Å². The van der Waals surface area contributed by atoms with Crippen molar-refractivity contribution in [3.63, 3.8) is 0 Å². The topological polar surface area (TPSA) is 43.4 Å². The third-order valence-corrected chi connectivity index (χ3v) is 11.0. The molecule has 0 saturated heterocycles. The van der Waals surface area contributed by atoms with E-state index in [2.05, 4.69) is 19.9 Å². The number of carbonyl (C=O) groups is 2. The highest BCUT2D eigenvalue weighted by Crippen LogP contribution is 2.73. The Morgan fingerprint density at radius 1 is 1.00 bits per heavy atom. The van der Waals surface area contributed by atoms with E-state index in [4.69, 9.17) is 4.74 Å². The summed E-state index contributed by atoms with van der Waals surface area (Å²) in [5.74, 6) is 3.13. The Morgan fingerprint density at radius 2 is 1.80 bits per heavy atom. The first-order valence-electron chi connectivity index (χ1n) is 12.6. The monoisotopic (exact) mass is 412 g/mol. The van der Waals surface area contributed by atoms with Crippen molar-refractivity contribution in [3.8, 4) is 0 Å². The molecule has 0 heterocycles. The Hall–Kier alpha value is -1.12. The largest absolute Gasteiger partial charge is 0.462 e. The molecule has 0 aromatic heterocycles. The van der Waals surface area contributed by atoms with E-state index in [1.54, 1.807) is 5.57 Å². The molecule has 0 aromatic rings.